The fourth-order valence-corrected chi connectivity index (χ4v) is 4.44. The summed E-state index contributed by atoms with van der Waals surface area (Å²) in [6, 6.07) is 4.27. The Kier molecular flexibility index (Phi) is 8.90. The molecule has 2 N–H and O–H groups in total. The number of nitrogens with one attached hydrogen (secondary N) is 2. The summed E-state index contributed by atoms with van der Waals surface area (Å²) in [5.41, 5.74) is 0.00353. The number of carbonyl (C=O) groups excluding carboxylic acids is 2. The van der Waals surface area contributed by atoms with Gasteiger partial charge in [0.05, 0.1) is 23.8 Å². The molecule has 0 spiro atoms. The molecular weight excluding hydrogens is 477 g/mol. The molecule has 0 saturated carbocycles. The Balaban J connectivity index is 2.07. The molecule has 1 aromatic carbocycles. The average molecular weight is 505 g/mol. The molecule has 0 aliphatic carbocycles. The number of sulfonamides is 1. The highest BCUT2D eigenvalue weighted by Crippen LogP contribution is 2.28. The molecule has 1 aliphatic heterocycles. The number of nitriles is 1. The van der Waals surface area contributed by atoms with E-state index in [1.54, 1.807) is 19.9 Å². The van der Waals surface area contributed by atoms with Crippen LogP contribution < -0.4 is 14.8 Å². The third kappa shape index (κ3) is 8.18. The summed E-state index contributed by atoms with van der Waals surface area (Å²) >= 11 is 0. The summed E-state index contributed by atoms with van der Waals surface area (Å²) in [7, 11) is -3.63. The van der Waals surface area contributed by atoms with Crippen molar-refractivity contribution in [2.75, 3.05) is 19.3 Å². The van der Waals surface area contributed by atoms with Crippen molar-refractivity contribution < 1.29 is 35.9 Å². The number of rotatable bonds is 8. The molecule has 9 nitrogen and oxygen atoms in total. The van der Waals surface area contributed by atoms with Crippen molar-refractivity contribution in [1.29, 1.82) is 5.26 Å². The molecule has 0 aromatic heterocycles. The van der Waals surface area contributed by atoms with Gasteiger partial charge in [0.25, 0.3) is 0 Å². The fraction of sp³-hybridized carbons (Fsp3) is 0.571. The Bertz CT molecular complexity index is 1050. The molecule has 0 bridgehead atoms. The lowest BCUT2D eigenvalue weighted by Crippen LogP contribution is -2.54. The maximum Gasteiger partial charge on any atom is 0.573 e. The average Bonchev–Trinajstić information content (AvgIpc) is 2.74. The zero-order valence-corrected chi connectivity index (χ0v) is 19.8. The monoisotopic (exact) mass is 504 g/mol. The van der Waals surface area contributed by atoms with Crippen LogP contribution in [0.3, 0.4) is 0 Å². The molecule has 0 unspecified atom stereocenters. The number of alkyl halides is 3. The van der Waals surface area contributed by atoms with E-state index in [1.165, 1.54) is 17.0 Å². The first-order chi connectivity index (χ1) is 15.7. The number of piperidine rings is 1. The van der Waals surface area contributed by atoms with Gasteiger partial charge in [-0.3, -0.25) is 9.59 Å². The second-order valence-electron chi connectivity index (χ2n) is 8.44. The first-order valence-corrected chi connectivity index (χ1v) is 12.4. The number of hydrogen-bond acceptors (Lipinski definition) is 6. The molecule has 1 aliphatic rings. The Hall–Kier alpha value is -2.85. The number of carbonyl (C=O) groups is 2. The van der Waals surface area contributed by atoms with Gasteiger partial charge in [0.1, 0.15) is 11.8 Å². The molecule has 188 valence electrons. The van der Waals surface area contributed by atoms with Crippen molar-refractivity contribution >= 4 is 21.8 Å². The molecule has 1 aromatic rings. The van der Waals surface area contributed by atoms with Crippen LogP contribution in [0, 0.1) is 23.2 Å². The number of halogens is 3. The van der Waals surface area contributed by atoms with Crippen LogP contribution in [-0.4, -0.2) is 56.9 Å². The largest absolute Gasteiger partial charge is 0.573 e. The van der Waals surface area contributed by atoms with Crippen molar-refractivity contribution in [3.63, 3.8) is 0 Å². The van der Waals surface area contributed by atoms with Gasteiger partial charge < -0.3 is 15.0 Å². The van der Waals surface area contributed by atoms with Gasteiger partial charge in [-0.25, -0.2) is 13.1 Å². The van der Waals surface area contributed by atoms with E-state index in [9.17, 15) is 31.2 Å². The van der Waals surface area contributed by atoms with Crippen LogP contribution in [0.4, 0.5) is 13.2 Å². The van der Waals surface area contributed by atoms with E-state index < -0.39 is 45.9 Å². The number of likely N-dealkylation sites (tertiary alicyclic amines) is 1. The van der Waals surface area contributed by atoms with E-state index in [0.717, 1.165) is 12.3 Å². The summed E-state index contributed by atoms with van der Waals surface area (Å²) in [5, 5.41) is 11.5. The zero-order valence-electron chi connectivity index (χ0n) is 19.0. The van der Waals surface area contributed by atoms with E-state index in [-0.39, 0.29) is 30.1 Å². The minimum atomic E-state index is -4.97. The molecule has 2 rings (SSSR count). The summed E-state index contributed by atoms with van der Waals surface area (Å²) in [5.74, 6) is -2.42. The van der Waals surface area contributed by atoms with Crippen LogP contribution >= 0.6 is 0 Å². The van der Waals surface area contributed by atoms with Crippen LogP contribution in [-0.2, 0) is 26.2 Å². The highest BCUT2D eigenvalue weighted by Gasteiger charge is 2.35. The molecular formula is C21H27F3N4O5S. The predicted molar refractivity (Wildman–Crippen MR) is 116 cm³/mol. The van der Waals surface area contributed by atoms with Crippen LogP contribution in [0.5, 0.6) is 5.75 Å². The summed E-state index contributed by atoms with van der Waals surface area (Å²) < 4.78 is 67.7. The third-order valence-corrected chi connectivity index (χ3v) is 5.93. The molecule has 2 amide bonds. The summed E-state index contributed by atoms with van der Waals surface area (Å²) in [6.45, 7) is 3.54. The van der Waals surface area contributed by atoms with Gasteiger partial charge >= 0.3 is 6.36 Å². The first-order valence-electron chi connectivity index (χ1n) is 10.5. The quantitative estimate of drug-likeness (QED) is 0.556. The number of hydrogen-bond donors (Lipinski definition) is 2. The minimum absolute atomic E-state index is 0.0295. The molecule has 1 heterocycles. The van der Waals surface area contributed by atoms with Gasteiger partial charge in [-0.2, -0.15) is 5.26 Å². The highest BCUT2D eigenvalue weighted by atomic mass is 32.2. The Morgan fingerprint density at radius 3 is 2.56 bits per heavy atom. The molecule has 34 heavy (non-hydrogen) atoms. The van der Waals surface area contributed by atoms with Gasteiger partial charge in [-0.1, -0.05) is 19.9 Å². The Morgan fingerprint density at radius 1 is 1.32 bits per heavy atom. The maximum atomic E-state index is 12.9. The van der Waals surface area contributed by atoms with Crippen LogP contribution in [0.1, 0.15) is 37.8 Å². The SMILES string of the molecule is CC(C)[C@@H](NS(C)(=O)=O)C(=O)N1CCC[C@@H](C(=O)NCc2ccc(C#N)cc2OC(F)(F)F)C1. The highest BCUT2D eigenvalue weighted by molar-refractivity contribution is 7.88. The zero-order chi connectivity index (χ0) is 25.7. The van der Waals surface area contributed by atoms with Crippen molar-refractivity contribution in [2.24, 2.45) is 11.8 Å². The van der Waals surface area contributed by atoms with Gasteiger partial charge in [0.15, 0.2) is 0 Å². The van der Waals surface area contributed by atoms with Crippen LogP contribution in [0.25, 0.3) is 0 Å². The summed E-state index contributed by atoms with van der Waals surface area (Å²) in [4.78, 5) is 27.1. The number of ether oxygens (including phenoxy) is 1. The van der Waals surface area contributed by atoms with Gasteiger partial charge in [-0.05, 0) is 30.9 Å². The van der Waals surface area contributed by atoms with E-state index in [1.807, 2.05) is 0 Å². The summed E-state index contributed by atoms with van der Waals surface area (Å²) in [6.07, 6.45) is -3.04. The topological polar surface area (TPSA) is 129 Å². The lowest BCUT2D eigenvalue weighted by atomic mass is 9.95. The van der Waals surface area contributed by atoms with E-state index in [0.29, 0.717) is 19.4 Å². The van der Waals surface area contributed by atoms with Crippen LogP contribution in [0.15, 0.2) is 18.2 Å². The van der Waals surface area contributed by atoms with E-state index in [2.05, 4.69) is 14.8 Å². The lowest BCUT2D eigenvalue weighted by molar-refractivity contribution is -0.274. The maximum absolute atomic E-state index is 12.9. The predicted octanol–water partition coefficient (Wildman–Crippen LogP) is 1.89. The van der Waals surface area contributed by atoms with Crippen molar-refractivity contribution in [3.05, 3.63) is 29.3 Å². The Morgan fingerprint density at radius 2 is 2.00 bits per heavy atom. The number of nitrogens with zero attached hydrogens (tertiary/aromatic N) is 2. The lowest BCUT2D eigenvalue weighted by Gasteiger charge is -2.35. The molecule has 2 atom stereocenters. The first kappa shape index (κ1) is 27.4. The van der Waals surface area contributed by atoms with Crippen molar-refractivity contribution in [3.8, 4) is 11.8 Å². The van der Waals surface area contributed by atoms with Crippen molar-refractivity contribution in [2.45, 2.75) is 45.6 Å². The van der Waals surface area contributed by atoms with Gasteiger partial charge in [-0.15, -0.1) is 13.2 Å². The number of benzene rings is 1. The third-order valence-electron chi connectivity index (χ3n) is 5.25. The normalized spacial score (nSPS) is 17.7. The van der Waals surface area contributed by atoms with Crippen molar-refractivity contribution in [1.82, 2.24) is 14.9 Å². The smallest absolute Gasteiger partial charge is 0.405 e. The molecule has 1 fully saturated rings. The minimum Gasteiger partial charge on any atom is -0.405 e. The van der Waals surface area contributed by atoms with E-state index in [4.69, 9.17) is 5.26 Å². The molecule has 0 radical (unpaired) electrons. The molecule has 1 saturated heterocycles. The number of amides is 2. The van der Waals surface area contributed by atoms with Gasteiger partial charge in [0.2, 0.25) is 21.8 Å². The molecule has 13 heteroatoms. The fourth-order valence-electron chi connectivity index (χ4n) is 3.61. The van der Waals surface area contributed by atoms with E-state index >= 15 is 0 Å². The second-order valence-corrected chi connectivity index (χ2v) is 10.2. The van der Waals surface area contributed by atoms with Gasteiger partial charge in [0, 0.05) is 25.2 Å². The van der Waals surface area contributed by atoms with Crippen LogP contribution in [0.2, 0.25) is 0 Å². The Labute approximate surface area is 196 Å². The standard InChI is InChI=1S/C21H27F3N4O5S/c1-13(2)18(27-34(3,31)32)20(30)28-8-4-5-16(12-28)19(29)26-11-15-7-6-14(10-25)9-17(15)33-21(22,23)24/h6-7,9,13,16,18,27H,4-5,8,11-12H2,1-3H3,(H,26,29)/t16-,18-/m1/s1. The second kappa shape index (κ2) is 11.1.